The van der Waals surface area contributed by atoms with Crippen molar-refractivity contribution in [1.29, 1.82) is 0 Å². The first-order valence-corrected chi connectivity index (χ1v) is 14.0. The molecule has 0 saturated carbocycles. The van der Waals surface area contributed by atoms with E-state index < -0.39 is 28.5 Å². The van der Waals surface area contributed by atoms with Gasteiger partial charge in [-0.05, 0) is 56.0 Å². The van der Waals surface area contributed by atoms with Crippen molar-refractivity contribution in [3.8, 4) is 0 Å². The Morgan fingerprint density at radius 1 is 1.03 bits per heavy atom. The summed E-state index contributed by atoms with van der Waals surface area (Å²) in [4.78, 5) is 27.9. The summed E-state index contributed by atoms with van der Waals surface area (Å²) < 4.78 is 27.5. The molecule has 0 aliphatic rings. The fourth-order valence-electron chi connectivity index (χ4n) is 3.48. The molecule has 0 aromatic heterocycles. The standard InChI is InChI=1S/C25H34BrN3O4S/c1-6-18(3)27-25(31)19(4)28(16-20-12-14-22(26)15-13-20)24(30)17-29(34(5,32)33)23-11-9-8-10-21(23)7-2/h8-15,18-19H,6-7,16-17H2,1-5H3,(H,27,31)/t18-,19-/m0/s1. The van der Waals surface area contributed by atoms with E-state index in [1.807, 2.05) is 57.2 Å². The molecule has 0 aliphatic heterocycles. The van der Waals surface area contributed by atoms with Crippen molar-refractivity contribution in [3.05, 3.63) is 64.1 Å². The van der Waals surface area contributed by atoms with Crippen molar-refractivity contribution in [3.63, 3.8) is 0 Å². The number of benzene rings is 2. The van der Waals surface area contributed by atoms with Gasteiger partial charge in [-0.2, -0.15) is 0 Å². The van der Waals surface area contributed by atoms with Crippen molar-refractivity contribution < 1.29 is 18.0 Å². The maximum absolute atomic E-state index is 13.6. The summed E-state index contributed by atoms with van der Waals surface area (Å²) in [5, 5.41) is 2.92. The number of aryl methyl sites for hydroxylation is 1. The Morgan fingerprint density at radius 3 is 2.21 bits per heavy atom. The molecule has 34 heavy (non-hydrogen) atoms. The predicted molar refractivity (Wildman–Crippen MR) is 140 cm³/mol. The molecule has 0 fully saturated rings. The van der Waals surface area contributed by atoms with Crippen molar-refractivity contribution >= 4 is 43.5 Å². The molecule has 0 spiro atoms. The second-order valence-electron chi connectivity index (χ2n) is 8.39. The highest BCUT2D eigenvalue weighted by Crippen LogP contribution is 2.24. The number of rotatable bonds is 11. The van der Waals surface area contributed by atoms with E-state index in [0.29, 0.717) is 12.1 Å². The zero-order valence-corrected chi connectivity index (χ0v) is 22.8. The van der Waals surface area contributed by atoms with Crippen LogP contribution in [0, 0.1) is 0 Å². The summed E-state index contributed by atoms with van der Waals surface area (Å²) in [6.07, 6.45) is 2.46. The van der Waals surface area contributed by atoms with Gasteiger partial charge in [-0.3, -0.25) is 13.9 Å². The van der Waals surface area contributed by atoms with Crippen molar-refractivity contribution in [2.45, 2.75) is 59.2 Å². The zero-order chi connectivity index (χ0) is 25.5. The summed E-state index contributed by atoms with van der Waals surface area (Å²) in [6.45, 7) is 7.25. The monoisotopic (exact) mass is 551 g/mol. The van der Waals surface area contributed by atoms with E-state index in [-0.39, 0.29) is 18.5 Å². The van der Waals surface area contributed by atoms with E-state index in [0.717, 1.165) is 32.6 Å². The number of halogens is 1. The van der Waals surface area contributed by atoms with Gasteiger partial charge >= 0.3 is 0 Å². The highest BCUT2D eigenvalue weighted by molar-refractivity contribution is 9.10. The molecule has 2 aromatic rings. The Morgan fingerprint density at radius 2 is 1.65 bits per heavy atom. The molecule has 0 heterocycles. The molecule has 186 valence electrons. The van der Waals surface area contributed by atoms with Gasteiger partial charge in [0.15, 0.2) is 0 Å². The molecule has 2 amide bonds. The van der Waals surface area contributed by atoms with Gasteiger partial charge in [-0.15, -0.1) is 0 Å². The third-order valence-electron chi connectivity index (χ3n) is 5.75. The maximum atomic E-state index is 13.6. The lowest BCUT2D eigenvalue weighted by Gasteiger charge is -2.32. The minimum Gasteiger partial charge on any atom is -0.352 e. The topological polar surface area (TPSA) is 86.8 Å². The van der Waals surface area contributed by atoms with Crippen LogP contribution in [0.4, 0.5) is 5.69 Å². The Labute approximate surface area is 211 Å². The molecule has 0 unspecified atom stereocenters. The number of nitrogens with one attached hydrogen (secondary N) is 1. The first-order chi connectivity index (χ1) is 16.0. The molecule has 2 aromatic carbocycles. The van der Waals surface area contributed by atoms with Crippen molar-refractivity contribution in [1.82, 2.24) is 10.2 Å². The van der Waals surface area contributed by atoms with Crippen LogP contribution in [0.25, 0.3) is 0 Å². The van der Waals surface area contributed by atoms with E-state index in [1.165, 1.54) is 4.90 Å². The Kier molecular flexibility index (Phi) is 10.1. The molecule has 0 bridgehead atoms. The van der Waals surface area contributed by atoms with Crippen LogP contribution in [0.2, 0.25) is 0 Å². The summed E-state index contributed by atoms with van der Waals surface area (Å²) in [5.74, 6) is -0.731. The average molecular weight is 553 g/mol. The molecule has 7 nitrogen and oxygen atoms in total. The summed E-state index contributed by atoms with van der Waals surface area (Å²) in [5.41, 5.74) is 2.13. The van der Waals surface area contributed by atoms with Gasteiger partial charge in [-0.1, -0.05) is 60.1 Å². The molecule has 0 saturated heterocycles. The SMILES string of the molecule is CCc1ccccc1N(CC(=O)N(Cc1ccc(Br)cc1)[C@@H](C)C(=O)N[C@@H](C)CC)S(C)(=O)=O. The third kappa shape index (κ3) is 7.56. The van der Waals surface area contributed by atoms with Crippen LogP contribution in [0.1, 0.15) is 45.2 Å². The Hall–Kier alpha value is -2.39. The van der Waals surface area contributed by atoms with E-state index in [4.69, 9.17) is 0 Å². The van der Waals surface area contributed by atoms with E-state index in [2.05, 4.69) is 21.2 Å². The zero-order valence-electron chi connectivity index (χ0n) is 20.4. The second kappa shape index (κ2) is 12.4. The smallest absolute Gasteiger partial charge is 0.244 e. The molecular weight excluding hydrogens is 518 g/mol. The van der Waals surface area contributed by atoms with Crippen LogP contribution >= 0.6 is 15.9 Å². The van der Waals surface area contributed by atoms with Crippen LogP contribution < -0.4 is 9.62 Å². The number of nitrogens with zero attached hydrogens (tertiary/aromatic N) is 2. The lowest BCUT2D eigenvalue weighted by Crippen LogP contribution is -2.52. The van der Waals surface area contributed by atoms with Gasteiger partial charge in [-0.25, -0.2) is 8.42 Å². The number of hydrogen-bond acceptors (Lipinski definition) is 4. The average Bonchev–Trinajstić information content (AvgIpc) is 2.80. The second-order valence-corrected chi connectivity index (χ2v) is 11.2. The number of amides is 2. The Balaban J connectivity index is 2.41. The van der Waals surface area contributed by atoms with E-state index in [9.17, 15) is 18.0 Å². The minimum atomic E-state index is -3.75. The molecule has 0 radical (unpaired) electrons. The van der Waals surface area contributed by atoms with Gasteiger partial charge in [0, 0.05) is 17.1 Å². The first-order valence-electron chi connectivity index (χ1n) is 11.4. The predicted octanol–water partition coefficient (Wildman–Crippen LogP) is 4.11. The van der Waals surface area contributed by atoms with E-state index >= 15 is 0 Å². The Bertz CT molecular complexity index is 1090. The number of carbonyl (C=O) groups excluding carboxylic acids is 2. The number of hydrogen-bond donors (Lipinski definition) is 1. The van der Waals surface area contributed by atoms with Crippen LogP contribution in [0.5, 0.6) is 0 Å². The normalized spacial score (nSPS) is 13.1. The number of carbonyl (C=O) groups is 2. The van der Waals surface area contributed by atoms with Gasteiger partial charge in [0.1, 0.15) is 12.6 Å². The molecular formula is C25H34BrN3O4S. The highest BCUT2D eigenvalue weighted by Gasteiger charge is 2.31. The number of sulfonamides is 1. The minimum absolute atomic E-state index is 0.0384. The lowest BCUT2D eigenvalue weighted by molar-refractivity contribution is -0.139. The van der Waals surface area contributed by atoms with Crippen LogP contribution in [0.3, 0.4) is 0 Å². The number of para-hydroxylation sites is 1. The lowest BCUT2D eigenvalue weighted by atomic mass is 10.1. The fraction of sp³-hybridized carbons (Fsp3) is 0.440. The van der Waals surface area contributed by atoms with Crippen molar-refractivity contribution in [2.75, 3.05) is 17.1 Å². The number of anilines is 1. The van der Waals surface area contributed by atoms with Gasteiger partial charge in [0.25, 0.3) is 0 Å². The first kappa shape index (κ1) is 27.9. The molecule has 1 N–H and O–H groups in total. The summed E-state index contributed by atoms with van der Waals surface area (Å²) in [6, 6.07) is 13.8. The summed E-state index contributed by atoms with van der Waals surface area (Å²) >= 11 is 3.40. The molecule has 0 aliphatic carbocycles. The van der Waals surface area contributed by atoms with Crippen molar-refractivity contribution in [2.24, 2.45) is 0 Å². The maximum Gasteiger partial charge on any atom is 0.244 e. The van der Waals surface area contributed by atoms with E-state index in [1.54, 1.807) is 19.1 Å². The highest BCUT2D eigenvalue weighted by atomic mass is 79.9. The third-order valence-corrected chi connectivity index (χ3v) is 7.41. The van der Waals surface area contributed by atoms with Crippen LogP contribution in [-0.2, 0) is 32.6 Å². The van der Waals surface area contributed by atoms with Crippen LogP contribution in [0.15, 0.2) is 53.0 Å². The quantitative estimate of drug-likeness (QED) is 0.455. The fourth-order valence-corrected chi connectivity index (χ4v) is 4.63. The van der Waals surface area contributed by atoms with Gasteiger partial charge < -0.3 is 10.2 Å². The molecule has 9 heteroatoms. The van der Waals surface area contributed by atoms with Gasteiger partial charge in [0.05, 0.1) is 11.9 Å². The molecule has 2 atom stereocenters. The van der Waals surface area contributed by atoms with Gasteiger partial charge in [0.2, 0.25) is 21.8 Å². The van der Waals surface area contributed by atoms with Crippen LogP contribution in [-0.4, -0.2) is 50.0 Å². The summed E-state index contributed by atoms with van der Waals surface area (Å²) in [7, 11) is -3.75. The largest absolute Gasteiger partial charge is 0.352 e. The molecule has 2 rings (SSSR count).